The first-order chi connectivity index (χ1) is 8.60. The van der Waals surface area contributed by atoms with Crippen molar-refractivity contribution < 1.29 is 22.8 Å². The predicted octanol–water partition coefficient (Wildman–Crippen LogP) is 0.468. The summed E-state index contributed by atoms with van der Waals surface area (Å²) >= 11 is 0. The summed E-state index contributed by atoms with van der Waals surface area (Å²) in [5.41, 5.74) is 5.31. The second kappa shape index (κ2) is 5.68. The van der Waals surface area contributed by atoms with E-state index < -0.39 is 18.6 Å². The van der Waals surface area contributed by atoms with Crippen LogP contribution in [-0.2, 0) is 21.4 Å². The Morgan fingerprint density at radius 2 is 2.33 bits per heavy atom. The zero-order chi connectivity index (χ0) is 13.0. The molecule has 1 aliphatic rings. The minimum absolute atomic E-state index is 0.122. The van der Waals surface area contributed by atoms with Gasteiger partial charge in [0.25, 0.3) is 6.43 Å². The molecule has 0 saturated carbocycles. The second-order valence-electron chi connectivity index (χ2n) is 4.19. The van der Waals surface area contributed by atoms with Crippen LogP contribution >= 0.6 is 0 Å². The lowest BCUT2D eigenvalue weighted by Gasteiger charge is -2.14. The molecule has 2 N–H and O–H groups in total. The lowest BCUT2D eigenvalue weighted by Crippen LogP contribution is -2.37. The largest absolute Gasteiger partial charge is 0.379 e. The van der Waals surface area contributed by atoms with Crippen LogP contribution in [0, 0.1) is 0 Å². The van der Waals surface area contributed by atoms with Gasteiger partial charge in [-0.15, -0.1) is 0 Å². The van der Waals surface area contributed by atoms with E-state index in [4.69, 9.17) is 19.7 Å². The Kier molecular flexibility index (Phi) is 4.20. The molecule has 0 amide bonds. The van der Waals surface area contributed by atoms with Crippen LogP contribution in [0.5, 0.6) is 0 Å². The predicted molar refractivity (Wildman–Crippen MR) is 56.1 cm³/mol. The van der Waals surface area contributed by atoms with Gasteiger partial charge in [-0.1, -0.05) is 5.16 Å². The van der Waals surface area contributed by atoms with E-state index in [2.05, 4.69) is 10.1 Å². The molecule has 8 heteroatoms. The number of hydrogen-bond acceptors (Lipinski definition) is 6. The van der Waals surface area contributed by atoms with Crippen molar-refractivity contribution >= 4 is 0 Å². The van der Waals surface area contributed by atoms with Crippen molar-refractivity contribution in [3.05, 3.63) is 11.7 Å². The molecule has 0 aliphatic carbocycles. The molecule has 18 heavy (non-hydrogen) atoms. The third kappa shape index (κ3) is 3.21. The topological polar surface area (TPSA) is 83.4 Å². The van der Waals surface area contributed by atoms with E-state index in [9.17, 15) is 8.78 Å². The Labute approximate surface area is 102 Å². The van der Waals surface area contributed by atoms with Crippen LogP contribution < -0.4 is 5.73 Å². The number of aromatic nitrogens is 2. The summed E-state index contributed by atoms with van der Waals surface area (Å²) in [6.45, 7) is 0.443. The summed E-state index contributed by atoms with van der Waals surface area (Å²) in [7, 11) is 0. The van der Waals surface area contributed by atoms with Crippen LogP contribution in [0.25, 0.3) is 0 Å². The molecule has 2 rings (SSSR count). The standard InChI is InChI=1S/C10H15F2N3O3/c11-7(12)5-16-3-1-8-14-9(18-15-8)10(13)2-4-17-6-10/h7H,1-6,13H2. The molecule has 1 aromatic heterocycles. The Balaban J connectivity index is 1.83. The molecule has 0 bridgehead atoms. The smallest absolute Gasteiger partial charge is 0.261 e. The van der Waals surface area contributed by atoms with Crippen molar-refractivity contribution in [2.24, 2.45) is 5.73 Å². The summed E-state index contributed by atoms with van der Waals surface area (Å²) in [5, 5.41) is 3.73. The van der Waals surface area contributed by atoms with E-state index in [-0.39, 0.29) is 6.61 Å². The summed E-state index contributed by atoms with van der Waals surface area (Å²) in [5.74, 6) is 0.722. The highest BCUT2D eigenvalue weighted by Crippen LogP contribution is 2.26. The van der Waals surface area contributed by atoms with E-state index in [0.29, 0.717) is 37.8 Å². The number of rotatable bonds is 6. The number of alkyl halides is 2. The van der Waals surface area contributed by atoms with E-state index in [1.54, 1.807) is 0 Å². The third-order valence-electron chi connectivity index (χ3n) is 2.66. The molecule has 2 heterocycles. The average Bonchev–Trinajstić information content (AvgIpc) is 2.94. The van der Waals surface area contributed by atoms with Crippen LogP contribution in [0.2, 0.25) is 0 Å². The van der Waals surface area contributed by atoms with Gasteiger partial charge >= 0.3 is 0 Å². The number of nitrogens with zero attached hydrogens (tertiary/aromatic N) is 2. The average molecular weight is 263 g/mol. The molecule has 0 spiro atoms. The molecular weight excluding hydrogens is 248 g/mol. The first kappa shape index (κ1) is 13.3. The Bertz CT molecular complexity index is 380. The van der Waals surface area contributed by atoms with Gasteiger partial charge in [0.2, 0.25) is 5.89 Å². The first-order valence-corrected chi connectivity index (χ1v) is 5.66. The van der Waals surface area contributed by atoms with Crippen LogP contribution in [0.1, 0.15) is 18.1 Å². The quantitative estimate of drug-likeness (QED) is 0.751. The fourth-order valence-corrected chi connectivity index (χ4v) is 1.64. The minimum atomic E-state index is -2.46. The Hall–Kier alpha value is -1.12. The maximum atomic E-state index is 11.8. The van der Waals surface area contributed by atoms with E-state index in [1.165, 1.54) is 0 Å². The van der Waals surface area contributed by atoms with E-state index in [1.807, 2.05) is 0 Å². The number of halogens is 2. The lowest BCUT2D eigenvalue weighted by molar-refractivity contribution is 0.0182. The van der Waals surface area contributed by atoms with Gasteiger partial charge in [0.1, 0.15) is 12.1 Å². The van der Waals surface area contributed by atoms with Gasteiger partial charge in [0.15, 0.2) is 5.82 Å². The third-order valence-corrected chi connectivity index (χ3v) is 2.66. The molecule has 102 valence electrons. The van der Waals surface area contributed by atoms with Crippen LogP contribution in [0.4, 0.5) is 8.78 Å². The van der Waals surface area contributed by atoms with Gasteiger partial charge in [-0.2, -0.15) is 4.98 Å². The molecule has 6 nitrogen and oxygen atoms in total. The van der Waals surface area contributed by atoms with Crippen molar-refractivity contribution in [1.29, 1.82) is 0 Å². The molecule has 1 saturated heterocycles. The number of nitrogens with two attached hydrogens (primary N) is 1. The van der Waals surface area contributed by atoms with Gasteiger partial charge in [-0.05, 0) is 6.42 Å². The molecule has 0 aromatic carbocycles. The van der Waals surface area contributed by atoms with Crippen LogP contribution in [0.15, 0.2) is 4.52 Å². The molecule has 1 aromatic rings. The summed E-state index contributed by atoms with van der Waals surface area (Å²) in [6.07, 6.45) is -1.53. The number of hydrogen-bond donors (Lipinski definition) is 1. The van der Waals surface area contributed by atoms with Crippen LogP contribution in [0.3, 0.4) is 0 Å². The molecular formula is C10H15F2N3O3. The highest BCUT2D eigenvalue weighted by atomic mass is 19.3. The van der Waals surface area contributed by atoms with Crippen molar-refractivity contribution in [2.75, 3.05) is 26.4 Å². The monoisotopic (exact) mass is 263 g/mol. The van der Waals surface area contributed by atoms with Gasteiger partial charge in [-0.25, -0.2) is 8.78 Å². The fraction of sp³-hybridized carbons (Fsp3) is 0.800. The zero-order valence-electron chi connectivity index (χ0n) is 9.77. The summed E-state index contributed by atoms with van der Waals surface area (Å²) in [6, 6.07) is 0. The van der Waals surface area contributed by atoms with Crippen molar-refractivity contribution in [3.8, 4) is 0 Å². The SMILES string of the molecule is NC1(c2nc(CCOCC(F)F)no2)CCOC1. The molecule has 1 fully saturated rings. The molecule has 1 atom stereocenters. The van der Waals surface area contributed by atoms with Gasteiger partial charge < -0.3 is 19.7 Å². The summed E-state index contributed by atoms with van der Waals surface area (Å²) < 4.78 is 38.6. The molecule has 1 aliphatic heterocycles. The highest BCUT2D eigenvalue weighted by Gasteiger charge is 2.38. The van der Waals surface area contributed by atoms with Crippen molar-refractivity contribution in [2.45, 2.75) is 24.8 Å². The highest BCUT2D eigenvalue weighted by molar-refractivity contribution is 5.04. The zero-order valence-corrected chi connectivity index (χ0v) is 9.77. The second-order valence-corrected chi connectivity index (χ2v) is 4.19. The maximum absolute atomic E-state index is 11.8. The van der Waals surface area contributed by atoms with E-state index in [0.717, 1.165) is 0 Å². The first-order valence-electron chi connectivity index (χ1n) is 5.66. The van der Waals surface area contributed by atoms with Crippen molar-refractivity contribution in [3.63, 3.8) is 0 Å². The Morgan fingerprint density at radius 3 is 3.00 bits per heavy atom. The summed E-state index contributed by atoms with van der Waals surface area (Å²) in [4.78, 5) is 4.13. The van der Waals surface area contributed by atoms with Gasteiger partial charge in [-0.3, -0.25) is 0 Å². The minimum Gasteiger partial charge on any atom is -0.379 e. The molecule has 1 unspecified atom stereocenters. The Morgan fingerprint density at radius 1 is 1.50 bits per heavy atom. The number of ether oxygens (including phenoxy) is 2. The normalized spacial score (nSPS) is 24.0. The lowest BCUT2D eigenvalue weighted by atomic mass is 10.0. The molecule has 0 radical (unpaired) electrons. The maximum Gasteiger partial charge on any atom is 0.261 e. The fourth-order valence-electron chi connectivity index (χ4n) is 1.64. The van der Waals surface area contributed by atoms with Crippen LogP contribution in [-0.4, -0.2) is 43.0 Å². The van der Waals surface area contributed by atoms with Crippen molar-refractivity contribution in [1.82, 2.24) is 10.1 Å². The van der Waals surface area contributed by atoms with E-state index >= 15 is 0 Å². The van der Waals surface area contributed by atoms with Gasteiger partial charge in [0.05, 0.1) is 13.2 Å². The van der Waals surface area contributed by atoms with Gasteiger partial charge in [0, 0.05) is 13.0 Å².